The van der Waals surface area contributed by atoms with E-state index >= 15 is 0 Å². The van der Waals surface area contributed by atoms with E-state index in [-0.39, 0.29) is 18.0 Å². The number of piperazine rings is 1. The molecule has 1 N–H and O–H groups in total. The van der Waals surface area contributed by atoms with Crippen LogP contribution in [0.15, 0.2) is 48.8 Å². The number of hydrogen-bond donors (Lipinski definition) is 1. The molecule has 3 aromatic rings. The first-order valence-electron chi connectivity index (χ1n) is 10.6. The van der Waals surface area contributed by atoms with Gasteiger partial charge in [-0.05, 0) is 32.5 Å². The molecule has 0 saturated carbocycles. The highest BCUT2D eigenvalue weighted by Crippen LogP contribution is 2.19. The highest BCUT2D eigenvalue weighted by atomic mass is 16.1. The predicted octanol–water partition coefficient (Wildman–Crippen LogP) is 2.73. The van der Waals surface area contributed by atoms with E-state index in [0.717, 1.165) is 49.3 Å². The van der Waals surface area contributed by atoms with E-state index in [2.05, 4.69) is 58.2 Å². The van der Waals surface area contributed by atoms with Crippen LogP contribution in [-0.2, 0) is 0 Å². The fourth-order valence-electron chi connectivity index (χ4n) is 3.89. The number of aromatic nitrogens is 3. The standard InChI is InChI=1S/C23H30N6O/c1-17(2)29-22-19(15-25-29)13-20(14-24-22)23(30)26-21(18-7-5-4-6-8-18)16-28-11-9-27(3)10-12-28/h4-8,13-15,17,21H,9-12,16H2,1-3H3,(H,26,30). The highest BCUT2D eigenvalue weighted by Gasteiger charge is 2.22. The molecule has 1 aliphatic rings. The van der Waals surface area contributed by atoms with Crippen molar-refractivity contribution >= 4 is 16.9 Å². The van der Waals surface area contributed by atoms with E-state index < -0.39 is 0 Å². The first-order valence-corrected chi connectivity index (χ1v) is 10.6. The molecule has 3 heterocycles. The monoisotopic (exact) mass is 406 g/mol. The third-order valence-electron chi connectivity index (χ3n) is 5.73. The number of rotatable bonds is 6. The second-order valence-electron chi connectivity index (χ2n) is 8.36. The Balaban J connectivity index is 1.53. The van der Waals surface area contributed by atoms with E-state index in [1.54, 1.807) is 12.4 Å². The molecule has 7 nitrogen and oxygen atoms in total. The van der Waals surface area contributed by atoms with Gasteiger partial charge in [0.15, 0.2) is 5.65 Å². The molecule has 1 unspecified atom stereocenters. The average molecular weight is 407 g/mol. The first kappa shape index (κ1) is 20.5. The van der Waals surface area contributed by atoms with Crippen LogP contribution in [0, 0.1) is 0 Å². The summed E-state index contributed by atoms with van der Waals surface area (Å²) < 4.78 is 1.87. The van der Waals surface area contributed by atoms with Gasteiger partial charge >= 0.3 is 0 Å². The maximum Gasteiger partial charge on any atom is 0.253 e. The summed E-state index contributed by atoms with van der Waals surface area (Å²) >= 11 is 0. The van der Waals surface area contributed by atoms with Crippen LogP contribution in [0.5, 0.6) is 0 Å². The van der Waals surface area contributed by atoms with Crippen molar-refractivity contribution in [3.8, 4) is 0 Å². The molecule has 158 valence electrons. The molecule has 7 heteroatoms. The van der Waals surface area contributed by atoms with Crippen molar-refractivity contribution in [3.05, 3.63) is 59.9 Å². The Morgan fingerprint density at radius 1 is 1.10 bits per heavy atom. The van der Waals surface area contributed by atoms with E-state index in [1.165, 1.54) is 0 Å². The lowest BCUT2D eigenvalue weighted by atomic mass is 10.1. The van der Waals surface area contributed by atoms with E-state index in [0.29, 0.717) is 5.56 Å². The molecule has 1 saturated heterocycles. The van der Waals surface area contributed by atoms with Crippen molar-refractivity contribution in [2.45, 2.75) is 25.9 Å². The molecule has 1 aliphatic heterocycles. The Hall–Kier alpha value is -2.77. The maximum atomic E-state index is 13.1. The second-order valence-corrected chi connectivity index (χ2v) is 8.36. The van der Waals surface area contributed by atoms with Crippen molar-refractivity contribution in [2.75, 3.05) is 39.8 Å². The molecular formula is C23H30N6O. The van der Waals surface area contributed by atoms with Gasteiger partial charge in [0.05, 0.1) is 17.8 Å². The van der Waals surface area contributed by atoms with Crippen LogP contribution in [0.3, 0.4) is 0 Å². The fourth-order valence-corrected chi connectivity index (χ4v) is 3.89. The molecule has 30 heavy (non-hydrogen) atoms. The number of carbonyl (C=O) groups is 1. The van der Waals surface area contributed by atoms with Crippen LogP contribution < -0.4 is 5.32 Å². The second kappa shape index (κ2) is 8.93. The number of nitrogens with one attached hydrogen (secondary N) is 1. The van der Waals surface area contributed by atoms with Gasteiger partial charge in [0, 0.05) is 50.3 Å². The minimum absolute atomic E-state index is 0.0730. The van der Waals surface area contributed by atoms with Gasteiger partial charge in [-0.3, -0.25) is 9.69 Å². The lowest BCUT2D eigenvalue weighted by Crippen LogP contribution is -2.47. The molecule has 4 rings (SSSR count). The largest absolute Gasteiger partial charge is 0.344 e. The zero-order valence-electron chi connectivity index (χ0n) is 18.0. The predicted molar refractivity (Wildman–Crippen MR) is 118 cm³/mol. The molecule has 1 aromatic carbocycles. The smallest absolute Gasteiger partial charge is 0.253 e. The summed E-state index contributed by atoms with van der Waals surface area (Å²) in [4.78, 5) is 22.4. The summed E-state index contributed by atoms with van der Waals surface area (Å²) in [5.41, 5.74) is 2.48. The summed E-state index contributed by atoms with van der Waals surface area (Å²) in [5.74, 6) is -0.107. The summed E-state index contributed by atoms with van der Waals surface area (Å²) in [6.07, 6.45) is 3.42. The van der Waals surface area contributed by atoms with E-state index in [4.69, 9.17) is 0 Å². The minimum Gasteiger partial charge on any atom is -0.344 e. The SMILES string of the molecule is CC(C)n1ncc2cc(C(=O)NC(CN3CCN(C)CC3)c3ccccc3)cnc21. The van der Waals surface area contributed by atoms with Crippen LogP contribution in [0.2, 0.25) is 0 Å². The van der Waals surface area contributed by atoms with Crippen molar-refractivity contribution < 1.29 is 4.79 Å². The van der Waals surface area contributed by atoms with Gasteiger partial charge in [-0.15, -0.1) is 0 Å². The lowest BCUT2D eigenvalue weighted by Gasteiger charge is -2.35. The number of hydrogen-bond acceptors (Lipinski definition) is 5. The van der Waals surface area contributed by atoms with Gasteiger partial charge in [0.25, 0.3) is 5.91 Å². The number of carbonyl (C=O) groups excluding carboxylic acids is 1. The zero-order chi connectivity index (χ0) is 21.1. The summed E-state index contributed by atoms with van der Waals surface area (Å²) in [6, 6.07) is 12.2. The maximum absolute atomic E-state index is 13.1. The van der Waals surface area contributed by atoms with Crippen LogP contribution in [0.25, 0.3) is 11.0 Å². The summed E-state index contributed by atoms with van der Waals surface area (Å²) in [7, 11) is 2.15. The van der Waals surface area contributed by atoms with Crippen molar-refractivity contribution in [1.82, 2.24) is 29.9 Å². The topological polar surface area (TPSA) is 66.3 Å². The van der Waals surface area contributed by atoms with Crippen LogP contribution >= 0.6 is 0 Å². The summed E-state index contributed by atoms with van der Waals surface area (Å²) in [5, 5.41) is 8.52. The van der Waals surface area contributed by atoms with Gasteiger partial charge in [-0.2, -0.15) is 5.10 Å². The van der Waals surface area contributed by atoms with Gasteiger partial charge in [-0.1, -0.05) is 30.3 Å². The van der Waals surface area contributed by atoms with Gasteiger partial charge in [0.2, 0.25) is 0 Å². The number of amides is 1. The number of fused-ring (bicyclic) bond motifs is 1. The highest BCUT2D eigenvalue weighted by molar-refractivity contribution is 5.97. The molecule has 0 radical (unpaired) electrons. The van der Waals surface area contributed by atoms with Gasteiger partial charge < -0.3 is 10.2 Å². The van der Waals surface area contributed by atoms with Crippen LogP contribution in [0.1, 0.15) is 41.9 Å². The molecule has 1 fully saturated rings. The van der Waals surface area contributed by atoms with Crippen molar-refractivity contribution in [1.29, 1.82) is 0 Å². The zero-order valence-corrected chi connectivity index (χ0v) is 18.0. The van der Waals surface area contributed by atoms with E-state index in [1.807, 2.05) is 28.9 Å². The molecule has 0 bridgehead atoms. The Morgan fingerprint density at radius 3 is 2.53 bits per heavy atom. The summed E-state index contributed by atoms with van der Waals surface area (Å²) in [6.45, 7) is 9.06. The lowest BCUT2D eigenvalue weighted by molar-refractivity contribution is 0.0907. The first-order chi connectivity index (χ1) is 14.5. The van der Waals surface area contributed by atoms with Crippen molar-refractivity contribution in [2.24, 2.45) is 0 Å². The Bertz CT molecular complexity index is 991. The molecule has 1 amide bonds. The number of pyridine rings is 1. The quantitative estimate of drug-likeness (QED) is 0.682. The van der Waals surface area contributed by atoms with E-state index in [9.17, 15) is 4.79 Å². The van der Waals surface area contributed by atoms with Crippen molar-refractivity contribution in [3.63, 3.8) is 0 Å². The number of likely N-dealkylation sites (N-methyl/N-ethyl adjacent to an activating group) is 1. The Kier molecular flexibility index (Phi) is 6.11. The molecule has 1 atom stereocenters. The molecule has 0 spiro atoms. The third-order valence-corrected chi connectivity index (χ3v) is 5.73. The average Bonchev–Trinajstić information content (AvgIpc) is 3.19. The van der Waals surface area contributed by atoms with Gasteiger partial charge in [-0.25, -0.2) is 9.67 Å². The van der Waals surface area contributed by atoms with Crippen LogP contribution in [0.4, 0.5) is 0 Å². The number of benzene rings is 1. The van der Waals surface area contributed by atoms with Crippen LogP contribution in [-0.4, -0.2) is 70.2 Å². The number of nitrogens with zero attached hydrogens (tertiary/aromatic N) is 5. The molecule has 0 aliphatic carbocycles. The molecular weight excluding hydrogens is 376 g/mol. The van der Waals surface area contributed by atoms with Gasteiger partial charge in [0.1, 0.15) is 0 Å². The molecule has 2 aromatic heterocycles. The Morgan fingerprint density at radius 2 is 1.83 bits per heavy atom. The minimum atomic E-state index is -0.107. The normalized spacial score (nSPS) is 16.8. The third kappa shape index (κ3) is 4.52. The fraction of sp³-hybridized carbons (Fsp3) is 0.435. The Labute approximate surface area is 177 Å².